The highest BCUT2D eigenvalue weighted by atomic mass is 16.6. The zero-order valence-electron chi connectivity index (χ0n) is 12.5. The predicted molar refractivity (Wildman–Crippen MR) is 85.1 cm³/mol. The van der Waals surface area contributed by atoms with Crippen LogP contribution in [0.4, 0.5) is 4.79 Å². The molecule has 0 radical (unpaired) electrons. The largest absolute Gasteiger partial charge is 0.445 e. The Bertz CT molecular complexity index is 655. The smallest absolute Gasteiger partial charge is 0.410 e. The van der Waals surface area contributed by atoms with E-state index in [0.29, 0.717) is 26.2 Å². The number of benzene rings is 2. The first-order valence-electron chi connectivity index (χ1n) is 7.52. The summed E-state index contributed by atoms with van der Waals surface area (Å²) in [6.45, 7) is 2.16. The van der Waals surface area contributed by atoms with E-state index in [1.807, 2.05) is 36.4 Å². The molecule has 4 nitrogen and oxygen atoms in total. The third kappa shape index (κ3) is 3.28. The highest BCUT2D eigenvalue weighted by Gasteiger charge is 2.21. The standard InChI is InChI=1S/C18H20N2O2/c19-11-15-6-7-17-12-20(9-8-16(17)10-15)18(21)22-13-14-4-2-1-3-5-14/h1-7,10H,8-9,11-13,19H2. The zero-order valence-corrected chi connectivity index (χ0v) is 12.5. The summed E-state index contributed by atoms with van der Waals surface area (Å²) in [7, 11) is 0. The second kappa shape index (κ2) is 6.62. The van der Waals surface area contributed by atoms with Crippen LogP contribution in [-0.2, 0) is 30.9 Å². The van der Waals surface area contributed by atoms with Gasteiger partial charge in [0.15, 0.2) is 0 Å². The van der Waals surface area contributed by atoms with Crippen LogP contribution in [-0.4, -0.2) is 17.5 Å². The van der Waals surface area contributed by atoms with Crippen molar-refractivity contribution in [1.29, 1.82) is 0 Å². The maximum absolute atomic E-state index is 12.2. The average Bonchev–Trinajstić information content (AvgIpc) is 2.59. The monoisotopic (exact) mass is 296 g/mol. The molecule has 0 fully saturated rings. The lowest BCUT2D eigenvalue weighted by Gasteiger charge is -2.28. The van der Waals surface area contributed by atoms with E-state index in [1.165, 1.54) is 11.1 Å². The summed E-state index contributed by atoms with van der Waals surface area (Å²) in [5.41, 5.74) is 10.3. The van der Waals surface area contributed by atoms with Crippen molar-refractivity contribution >= 4 is 6.09 Å². The minimum Gasteiger partial charge on any atom is -0.445 e. The van der Waals surface area contributed by atoms with Crippen LogP contribution in [0.2, 0.25) is 0 Å². The Hall–Kier alpha value is -2.33. The van der Waals surface area contributed by atoms with Crippen LogP contribution >= 0.6 is 0 Å². The van der Waals surface area contributed by atoms with Crippen molar-refractivity contribution < 1.29 is 9.53 Å². The molecule has 0 aliphatic carbocycles. The molecular formula is C18H20N2O2. The Balaban J connectivity index is 1.60. The van der Waals surface area contributed by atoms with E-state index in [-0.39, 0.29) is 6.09 Å². The molecule has 0 unspecified atom stereocenters. The highest BCUT2D eigenvalue weighted by molar-refractivity contribution is 5.68. The summed E-state index contributed by atoms with van der Waals surface area (Å²) in [6, 6.07) is 16.0. The van der Waals surface area contributed by atoms with Crippen molar-refractivity contribution in [1.82, 2.24) is 4.90 Å². The zero-order chi connectivity index (χ0) is 15.4. The van der Waals surface area contributed by atoms with Gasteiger partial charge in [0.2, 0.25) is 0 Å². The molecule has 1 heterocycles. The Morgan fingerprint density at radius 1 is 1.09 bits per heavy atom. The van der Waals surface area contributed by atoms with E-state index in [9.17, 15) is 4.79 Å². The van der Waals surface area contributed by atoms with E-state index in [2.05, 4.69) is 12.1 Å². The van der Waals surface area contributed by atoms with Crippen molar-refractivity contribution in [2.24, 2.45) is 5.73 Å². The van der Waals surface area contributed by atoms with Crippen LogP contribution in [0, 0.1) is 0 Å². The first kappa shape index (κ1) is 14.6. The van der Waals surface area contributed by atoms with Gasteiger partial charge in [-0.2, -0.15) is 0 Å². The molecule has 2 aromatic rings. The molecule has 0 aromatic heterocycles. The summed E-state index contributed by atoms with van der Waals surface area (Å²) >= 11 is 0. The normalized spacial score (nSPS) is 13.6. The molecule has 1 aliphatic heterocycles. The quantitative estimate of drug-likeness (QED) is 0.947. The fraction of sp³-hybridized carbons (Fsp3) is 0.278. The second-order valence-electron chi connectivity index (χ2n) is 5.52. The summed E-state index contributed by atoms with van der Waals surface area (Å²) in [4.78, 5) is 13.9. The van der Waals surface area contributed by atoms with Crippen LogP contribution in [0.3, 0.4) is 0 Å². The lowest BCUT2D eigenvalue weighted by atomic mass is 9.97. The number of carbonyl (C=O) groups is 1. The van der Waals surface area contributed by atoms with Gasteiger partial charge in [-0.05, 0) is 28.7 Å². The van der Waals surface area contributed by atoms with Gasteiger partial charge in [0.1, 0.15) is 6.61 Å². The van der Waals surface area contributed by atoms with Crippen molar-refractivity contribution in [3.05, 3.63) is 70.8 Å². The number of rotatable bonds is 3. The summed E-state index contributed by atoms with van der Waals surface area (Å²) in [5.74, 6) is 0. The molecule has 1 amide bonds. The van der Waals surface area contributed by atoms with Crippen LogP contribution in [0.25, 0.3) is 0 Å². The molecule has 0 saturated carbocycles. The Morgan fingerprint density at radius 2 is 1.91 bits per heavy atom. The fourth-order valence-electron chi connectivity index (χ4n) is 2.70. The van der Waals surface area contributed by atoms with E-state index >= 15 is 0 Å². The van der Waals surface area contributed by atoms with Gasteiger partial charge in [0.25, 0.3) is 0 Å². The molecule has 0 spiro atoms. The molecule has 0 saturated heterocycles. The molecule has 4 heteroatoms. The van der Waals surface area contributed by atoms with Crippen LogP contribution in [0.5, 0.6) is 0 Å². The van der Waals surface area contributed by atoms with Gasteiger partial charge in [-0.15, -0.1) is 0 Å². The van der Waals surface area contributed by atoms with Gasteiger partial charge in [-0.25, -0.2) is 4.79 Å². The molecule has 3 rings (SSSR count). The van der Waals surface area contributed by atoms with Crippen molar-refractivity contribution in [3.63, 3.8) is 0 Å². The number of hydrogen-bond acceptors (Lipinski definition) is 3. The average molecular weight is 296 g/mol. The topological polar surface area (TPSA) is 55.6 Å². The van der Waals surface area contributed by atoms with E-state index in [1.54, 1.807) is 4.90 Å². The number of nitrogens with zero attached hydrogens (tertiary/aromatic N) is 1. The third-order valence-electron chi connectivity index (χ3n) is 3.98. The number of fused-ring (bicyclic) bond motifs is 1. The van der Waals surface area contributed by atoms with Gasteiger partial charge < -0.3 is 15.4 Å². The van der Waals surface area contributed by atoms with Gasteiger partial charge >= 0.3 is 6.09 Å². The van der Waals surface area contributed by atoms with Gasteiger partial charge in [0.05, 0.1) is 0 Å². The van der Waals surface area contributed by atoms with Gasteiger partial charge in [-0.1, -0.05) is 48.5 Å². The van der Waals surface area contributed by atoms with Crippen LogP contribution in [0.15, 0.2) is 48.5 Å². The number of carbonyl (C=O) groups excluding carboxylic acids is 1. The molecule has 2 aromatic carbocycles. The first-order chi connectivity index (χ1) is 10.8. The van der Waals surface area contributed by atoms with Crippen molar-refractivity contribution in [2.45, 2.75) is 26.1 Å². The van der Waals surface area contributed by atoms with E-state index in [0.717, 1.165) is 17.5 Å². The fourth-order valence-corrected chi connectivity index (χ4v) is 2.70. The maximum atomic E-state index is 12.2. The molecule has 0 bridgehead atoms. The lowest BCUT2D eigenvalue weighted by molar-refractivity contribution is 0.0918. The molecule has 0 atom stereocenters. The Morgan fingerprint density at radius 3 is 2.68 bits per heavy atom. The number of ether oxygens (including phenoxy) is 1. The van der Waals surface area contributed by atoms with Crippen molar-refractivity contribution in [3.8, 4) is 0 Å². The van der Waals surface area contributed by atoms with Gasteiger partial charge in [-0.3, -0.25) is 0 Å². The van der Waals surface area contributed by atoms with Crippen LogP contribution < -0.4 is 5.73 Å². The minimum atomic E-state index is -0.252. The van der Waals surface area contributed by atoms with Crippen LogP contribution in [0.1, 0.15) is 22.3 Å². The third-order valence-corrected chi connectivity index (χ3v) is 3.98. The molecule has 1 aliphatic rings. The lowest BCUT2D eigenvalue weighted by Crippen LogP contribution is -2.36. The minimum absolute atomic E-state index is 0.252. The molecule has 114 valence electrons. The van der Waals surface area contributed by atoms with Gasteiger partial charge in [0, 0.05) is 19.6 Å². The molecule has 22 heavy (non-hydrogen) atoms. The molecular weight excluding hydrogens is 276 g/mol. The summed E-state index contributed by atoms with van der Waals surface area (Å²) in [6.07, 6.45) is 0.598. The highest BCUT2D eigenvalue weighted by Crippen LogP contribution is 2.21. The number of hydrogen-bond donors (Lipinski definition) is 1. The summed E-state index contributed by atoms with van der Waals surface area (Å²) in [5, 5.41) is 0. The number of amides is 1. The summed E-state index contributed by atoms with van der Waals surface area (Å²) < 4.78 is 5.39. The Labute approximate surface area is 130 Å². The SMILES string of the molecule is NCc1ccc2c(c1)CCN(C(=O)OCc1ccccc1)C2. The number of nitrogens with two attached hydrogens (primary N) is 1. The predicted octanol–water partition coefficient (Wildman–Crippen LogP) is 2.84. The van der Waals surface area contributed by atoms with Crippen molar-refractivity contribution in [2.75, 3.05) is 6.54 Å². The maximum Gasteiger partial charge on any atom is 0.410 e. The van der Waals surface area contributed by atoms with E-state index in [4.69, 9.17) is 10.5 Å². The first-order valence-corrected chi connectivity index (χ1v) is 7.52. The molecule has 2 N–H and O–H groups in total. The van der Waals surface area contributed by atoms with E-state index < -0.39 is 0 Å². The second-order valence-corrected chi connectivity index (χ2v) is 5.52. The Kier molecular flexibility index (Phi) is 4.39.